The molecule has 160 valence electrons. The molecule has 4 rings (SSSR count). The van der Waals surface area contributed by atoms with Crippen molar-refractivity contribution in [3.63, 3.8) is 0 Å². The molecule has 2 fully saturated rings. The van der Waals surface area contributed by atoms with Crippen LogP contribution in [0.3, 0.4) is 0 Å². The van der Waals surface area contributed by atoms with Crippen molar-refractivity contribution in [1.82, 2.24) is 25.5 Å². The van der Waals surface area contributed by atoms with Gasteiger partial charge in [0.15, 0.2) is 5.82 Å². The summed E-state index contributed by atoms with van der Waals surface area (Å²) in [6.45, 7) is 1.80. The molecule has 0 aliphatic carbocycles. The minimum absolute atomic E-state index is 0.143. The predicted octanol–water partition coefficient (Wildman–Crippen LogP) is 2.38. The van der Waals surface area contributed by atoms with E-state index in [0.717, 1.165) is 31.4 Å². The first-order valence-electron chi connectivity index (χ1n) is 10.7. The number of hydrogen-bond acceptors (Lipinski definition) is 8. The quantitative estimate of drug-likeness (QED) is 0.489. The molecule has 2 aliphatic rings. The standard InChI is InChI=1S/C21H30N8O/c1-13-7-20(28-27-13)25-19-10-16(12-30)24-21(26-19)29(2)17-9-15-8-14(5-3-4-6-22)18(11-17)23-15/h7,10,14-15,17-18,23,30H,3-5,8-9,11-12H2,1-2H3,(H2,24,25,26,27,28)/t14?,15-,17-,18-/m0/s1. The highest BCUT2D eigenvalue weighted by atomic mass is 16.3. The van der Waals surface area contributed by atoms with Crippen molar-refractivity contribution in [2.45, 2.75) is 70.2 Å². The third-order valence-corrected chi connectivity index (χ3v) is 6.31. The van der Waals surface area contributed by atoms with Crippen molar-refractivity contribution < 1.29 is 5.11 Å². The van der Waals surface area contributed by atoms with Gasteiger partial charge in [-0.3, -0.25) is 5.10 Å². The van der Waals surface area contributed by atoms with Crippen LogP contribution in [0, 0.1) is 24.2 Å². The molecule has 30 heavy (non-hydrogen) atoms. The number of aryl methyl sites for hydroxylation is 1. The zero-order valence-electron chi connectivity index (χ0n) is 17.6. The minimum atomic E-state index is -0.143. The van der Waals surface area contributed by atoms with E-state index in [0.29, 0.717) is 53.7 Å². The van der Waals surface area contributed by atoms with E-state index in [1.54, 1.807) is 6.07 Å². The van der Waals surface area contributed by atoms with E-state index in [2.05, 4.69) is 36.8 Å². The molecule has 4 N–H and O–H groups in total. The zero-order valence-corrected chi connectivity index (χ0v) is 17.6. The number of aromatic nitrogens is 4. The van der Waals surface area contributed by atoms with Gasteiger partial charge < -0.3 is 20.6 Å². The fraction of sp³-hybridized carbons (Fsp3) is 0.619. The summed E-state index contributed by atoms with van der Waals surface area (Å²) in [5, 5.41) is 32.6. The smallest absolute Gasteiger partial charge is 0.227 e. The van der Waals surface area contributed by atoms with Crippen LogP contribution in [0.4, 0.5) is 17.6 Å². The fourth-order valence-corrected chi connectivity index (χ4v) is 4.82. The van der Waals surface area contributed by atoms with Crippen molar-refractivity contribution in [3.8, 4) is 6.07 Å². The molecular weight excluding hydrogens is 380 g/mol. The van der Waals surface area contributed by atoms with E-state index in [-0.39, 0.29) is 6.61 Å². The Kier molecular flexibility index (Phi) is 6.16. The van der Waals surface area contributed by atoms with Crippen LogP contribution in [-0.4, -0.2) is 50.4 Å². The van der Waals surface area contributed by atoms with Crippen molar-refractivity contribution >= 4 is 17.6 Å². The Morgan fingerprint density at radius 3 is 2.87 bits per heavy atom. The van der Waals surface area contributed by atoms with Gasteiger partial charge in [-0.2, -0.15) is 15.3 Å². The number of piperidine rings is 1. The van der Waals surface area contributed by atoms with Crippen LogP contribution in [-0.2, 0) is 6.61 Å². The summed E-state index contributed by atoms with van der Waals surface area (Å²) in [5.41, 5.74) is 1.54. The molecule has 4 atom stereocenters. The summed E-state index contributed by atoms with van der Waals surface area (Å²) in [6.07, 6.45) is 6.02. The zero-order chi connectivity index (χ0) is 21.1. The lowest BCUT2D eigenvalue weighted by Gasteiger charge is -2.36. The van der Waals surface area contributed by atoms with Crippen LogP contribution in [0.15, 0.2) is 12.1 Å². The summed E-state index contributed by atoms with van der Waals surface area (Å²) >= 11 is 0. The fourth-order valence-electron chi connectivity index (χ4n) is 4.82. The first kappa shape index (κ1) is 20.6. The molecule has 0 spiro atoms. The lowest BCUT2D eigenvalue weighted by molar-refractivity contribution is 0.276. The number of H-pyrrole nitrogens is 1. The normalized spacial score (nSPS) is 25.1. The molecule has 2 aliphatic heterocycles. The molecule has 0 radical (unpaired) electrons. The maximum atomic E-state index is 9.69. The second kappa shape index (κ2) is 8.98. The van der Waals surface area contributed by atoms with Gasteiger partial charge in [0, 0.05) is 49.4 Å². The summed E-state index contributed by atoms with van der Waals surface area (Å²) < 4.78 is 0. The highest BCUT2D eigenvalue weighted by Crippen LogP contribution is 2.37. The Morgan fingerprint density at radius 2 is 2.13 bits per heavy atom. The van der Waals surface area contributed by atoms with Gasteiger partial charge in [-0.15, -0.1) is 0 Å². The van der Waals surface area contributed by atoms with Crippen molar-refractivity contribution in [2.24, 2.45) is 5.92 Å². The molecule has 1 unspecified atom stereocenters. The molecular formula is C21H30N8O. The number of nitrogens with zero attached hydrogens (tertiary/aromatic N) is 5. The number of nitrogens with one attached hydrogen (secondary N) is 3. The lowest BCUT2D eigenvalue weighted by atomic mass is 9.92. The van der Waals surface area contributed by atoms with E-state index in [1.165, 1.54) is 6.42 Å². The van der Waals surface area contributed by atoms with Crippen LogP contribution in [0.2, 0.25) is 0 Å². The number of hydrogen-bond donors (Lipinski definition) is 4. The largest absolute Gasteiger partial charge is 0.390 e. The molecule has 2 aromatic heterocycles. The molecule has 2 aromatic rings. The van der Waals surface area contributed by atoms with Crippen LogP contribution >= 0.6 is 0 Å². The number of aliphatic hydroxyl groups excluding tert-OH is 1. The maximum Gasteiger partial charge on any atom is 0.227 e. The topological polar surface area (TPSA) is 126 Å². The molecule has 0 aromatic carbocycles. The van der Waals surface area contributed by atoms with E-state index in [4.69, 9.17) is 10.2 Å². The summed E-state index contributed by atoms with van der Waals surface area (Å²) in [7, 11) is 2.04. The number of rotatable bonds is 8. The number of aliphatic hydroxyl groups is 1. The molecule has 9 nitrogen and oxygen atoms in total. The average molecular weight is 411 g/mol. The molecule has 0 saturated carbocycles. The molecule has 2 bridgehead atoms. The van der Waals surface area contributed by atoms with E-state index < -0.39 is 0 Å². The number of unbranched alkanes of at least 4 members (excludes halogenated alkanes) is 1. The summed E-state index contributed by atoms with van der Waals surface area (Å²) in [5.74, 6) is 2.56. The molecule has 0 amide bonds. The van der Waals surface area contributed by atoms with Crippen LogP contribution in [0.25, 0.3) is 0 Å². The van der Waals surface area contributed by atoms with Crippen LogP contribution in [0.1, 0.15) is 49.9 Å². The number of anilines is 3. The van der Waals surface area contributed by atoms with Gasteiger partial charge in [0.2, 0.25) is 5.95 Å². The third-order valence-electron chi connectivity index (χ3n) is 6.31. The Labute approximate surface area is 176 Å². The first-order chi connectivity index (χ1) is 14.6. The van der Waals surface area contributed by atoms with Gasteiger partial charge in [0.1, 0.15) is 5.82 Å². The van der Waals surface area contributed by atoms with E-state index in [1.807, 2.05) is 20.0 Å². The van der Waals surface area contributed by atoms with Crippen LogP contribution in [0.5, 0.6) is 0 Å². The van der Waals surface area contributed by atoms with E-state index in [9.17, 15) is 5.11 Å². The lowest BCUT2D eigenvalue weighted by Crippen LogP contribution is -2.48. The maximum absolute atomic E-state index is 9.69. The summed E-state index contributed by atoms with van der Waals surface area (Å²) in [4.78, 5) is 11.4. The molecule has 4 heterocycles. The van der Waals surface area contributed by atoms with Gasteiger partial charge in [0.05, 0.1) is 18.4 Å². The third kappa shape index (κ3) is 4.55. The van der Waals surface area contributed by atoms with Gasteiger partial charge >= 0.3 is 0 Å². The van der Waals surface area contributed by atoms with Crippen molar-refractivity contribution in [1.29, 1.82) is 5.26 Å². The molecule has 9 heteroatoms. The first-order valence-corrected chi connectivity index (χ1v) is 10.7. The number of fused-ring (bicyclic) bond motifs is 2. The SMILES string of the molecule is Cc1cc(Nc2cc(CO)nc(N(C)[C@H]3C[C@@H]4CC(CCCC#N)[C@H](C3)N4)n2)n[nH]1. The van der Waals surface area contributed by atoms with Crippen molar-refractivity contribution in [3.05, 3.63) is 23.5 Å². The Hall–Kier alpha value is -2.70. The van der Waals surface area contributed by atoms with E-state index >= 15 is 0 Å². The predicted molar refractivity (Wildman–Crippen MR) is 114 cm³/mol. The minimum Gasteiger partial charge on any atom is -0.390 e. The van der Waals surface area contributed by atoms with Crippen LogP contribution < -0.4 is 15.5 Å². The average Bonchev–Trinajstić information content (AvgIpc) is 3.28. The van der Waals surface area contributed by atoms with Gasteiger partial charge in [-0.25, -0.2) is 4.98 Å². The number of nitriles is 1. The molecule has 2 saturated heterocycles. The Bertz CT molecular complexity index is 907. The highest BCUT2D eigenvalue weighted by molar-refractivity contribution is 5.54. The Morgan fingerprint density at radius 1 is 1.27 bits per heavy atom. The van der Waals surface area contributed by atoms with Gasteiger partial charge in [0.25, 0.3) is 0 Å². The monoisotopic (exact) mass is 410 g/mol. The summed E-state index contributed by atoms with van der Waals surface area (Å²) in [6, 6.07) is 7.25. The van der Waals surface area contributed by atoms with Gasteiger partial charge in [-0.1, -0.05) is 0 Å². The number of aromatic amines is 1. The second-order valence-electron chi connectivity index (χ2n) is 8.52. The van der Waals surface area contributed by atoms with Gasteiger partial charge in [-0.05, 0) is 44.9 Å². The second-order valence-corrected chi connectivity index (χ2v) is 8.52. The van der Waals surface area contributed by atoms with Crippen molar-refractivity contribution in [2.75, 3.05) is 17.3 Å². The Balaban J connectivity index is 1.47. The highest BCUT2D eigenvalue weighted by Gasteiger charge is 2.41.